The van der Waals surface area contributed by atoms with E-state index in [4.69, 9.17) is 0 Å². The maximum absolute atomic E-state index is 13.1. The quantitative estimate of drug-likeness (QED) is 0.892. The van der Waals surface area contributed by atoms with Gasteiger partial charge in [-0.25, -0.2) is 4.98 Å². The number of ether oxygens (including phenoxy) is 1. The van der Waals surface area contributed by atoms with E-state index in [9.17, 15) is 18.0 Å². The van der Waals surface area contributed by atoms with Crippen LogP contribution in [0, 0.1) is 0 Å². The van der Waals surface area contributed by atoms with Crippen LogP contribution in [0.2, 0.25) is 0 Å². The second kappa shape index (κ2) is 5.96. The SMILES string of the molecule is COCC(C)(NC(=O)C1=CNc2ncccc2C1)C(F)(F)F. The summed E-state index contributed by atoms with van der Waals surface area (Å²) in [7, 11) is 1.15. The number of hydrogen-bond donors (Lipinski definition) is 2. The highest BCUT2D eigenvalue weighted by Crippen LogP contribution is 2.31. The van der Waals surface area contributed by atoms with Crippen molar-refractivity contribution < 1.29 is 22.7 Å². The number of nitrogens with one attached hydrogen (secondary N) is 2. The molecule has 0 aliphatic carbocycles. The van der Waals surface area contributed by atoms with Crippen LogP contribution >= 0.6 is 0 Å². The van der Waals surface area contributed by atoms with E-state index in [-0.39, 0.29) is 12.0 Å². The lowest BCUT2D eigenvalue weighted by atomic mass is 9.99. The van der Waals surface area contributed by atoms with Crippen LogP contribution in [0.1, 0.15) is 12.5 Å². The molecule has 0 bridgehead atoms. The molecule has 1 aromatic rings. The molecular weight excluding hydrogens is 299 g/mol. The number of hydrogen-bond acceptors (Lipinski definition) is 4. The lowest BCUT2D eigenvalue weighted by molar-refractivity contribution is -0.204. The van der Waals surface area contributed by atoms with Gasteiger partial charge in [-0.1, -0.05) is 6.07 Å². The topological polar surface area (TPSA) is 63.2 Å². The van der Waals surface area contributed by atoms with E-state index >= 15 is 0 Å². The molecule has 0 spiro atoms. The van der Waals surface area contributed by atoms with Gasteiger partial charge in [0.25, 0.3) is 0 Å². The third-order valence-electron chi connectivity index (χ3n) is 3.40. The van der Waals surface area contributed by atoms with E-state index in [1.54, 1.807) is 18.3 Å². The van der Waals surface area contributed by atoms with Crippen LogP contribution in [-0.4, -0.2) is 36.3 Å². The molecule has 5 nitrogen and oxygen atoms in total. The molecule has 0 aromatic carbocycles. The number of fused-ring (bicyclic) bond motifs is 1. The van der Waals surface area contributed by atoms with Gasteiger partial charge in [-0.05, 0) is 18.6 Å². The van der Waals surface area contributed by atoms with Crippen LogP contribution in [0.4, 0.5) is 19.0 Å². The minimum atomic E-state index is -4.62. The minimum Gasteiger partial charge on any atom is -0.382 e. The largest absolute Gasteiger partial charge is 0.413 e. The summed E-state index contributed by atoms with van der Waals surface area (Å²) in [5.74, 6) is -0.201. The van der Waals surface area contributed by atoms with Crippen molar-refractivity contribution in [3.8, 4) is 0 Å². The number of nitrogens with zero attached hydrogens (tertiary/aromatic N) is 1. The number of amides is 1. The van der Waals surface area contributed by atoms with Gasteiger partial charge >= 0.3 is 6.18 Å². The minimum absolute atomic E-state index is 0.201. The molecule has 1 aliphatic heterocycles. The molecule has 1 atom stereocenters. The van der Waals surface area contributed by atoms with Crippen molar-refractivity contribution in [1.82, 2.24) is 10.3 Å². The Balaban J connectivity index is 2.14. The number of carbonyl (C=O) groups excluding carboxylic acids is 1. The van der Waals surface area contributed by atoms with Gasteiger partial charge in [-0.15, -0.1) is 0 Å². The van der Waals surface area contributed by atoms with Crippen LogP contribution in [0.5, 0.6) is 0 Å². The number of alkyl halides is 3. The fourth-order valence-electron chi connectivity index (χ4n) is 2.08. The molecule has 0 radical (unpaired) electrons. The van der Waals surface area contributed by atoms with Crippen molar-refractivity contribution in [3.05, 3.63) is 35.7 Å². The summed E-state index contributed by atoms with van der Waals surface area (Å²) in [6.07, 6.45) is -1.46. The maximum Gasteiger partial charge on any atom is 0.413 e. The Labute approximate surface area is 125 Å². The molecule has 1 aromatic heterocycles. The molecule has 1 aliphatic rings. The van der Waals surface area contributed by atoms with Crippen molar-refractivity contribution in [2.45, 2.75) is 25.1 Å². The fourth-order valence-corrected chi connectivity index (χ4v) is 2.08. The zero-order valence-electron chi connectivity index (χ0n) is 12.1. The number of halogens is 3. The molecule has 22 heavy (non-hydrogen) atoms. The average Bonchev–Trinajstić information content (AvgIpc) is 2.45. The van der Waals surface area contributed by atoms with E-state index in [0.717, 1.165) is 19.6 Å². The third-order valence-corrected chi connectivity index (χ3v) is 3.40. The van der Waals surface area contributed by atoms with E-state index in [1.807, 2.05) is 5.32 Å². The summed E-state index contributed by atoms with van der Waals surface area (Å²) in [5.41, 5.74) is -1.50. The molecular formula is C14H16F3N3O2. The zero-order chi connectivity index (χ0) is 16.4. The molecule has 0 saturated heterocycles. The van der Waals surface area contributed by atoms with E-state index in [1.165, 1.54) is 6.20 Å². The van der Waals surface area contributed by atoms with Gasteiger partial charge in [0.2, 0.25) is 5.91 Å². The molecule has 8 heteroatoms. The Kier molecular flexibility index (Phi) is 4.41. The van der Waals surface area contributed by atoms with Crippen molar-refractivity contribution in [3.63, 3.8) is 0 Å². The Morgan fingerprint density at radius 3 is 2.86 bits per heavy atom. The van der Waals surface area contributed by atoms with Gasteiger partial charge < -0.3 is 15.4 Å². The first-order valence-electron chi connectivity index (χ1n) is 6.54. The average molecular weight is 315 g/mol. The monoisotopic (exact) mass is 315 g/mol. The van der Waals surface area contributed by atoms with E-state index in [2.05, 4.69) is 15.0 Å². The number of methoxy groups -OCH3 is 1. The number of anilines is 1. The molecule has 120 valence electrons. The molecule has 2 heterocycles. The number of carbonyl (C=O) groups is 1. The van der Waals surface area contributed by atoms with Gasteiger partial charge in [0, 0.05) is 31.5 Å². The molecule has 1 unspecified atom stereocenters. The van der Waals surface area contributed by atoms with Gasteiger partial charge in [-0.2, -0.15) is 13.2 Å². The van der Waals surface area contributed by atoms with Gasteiger partial charge in [0.15, 0.2) is 5.54 Å². The van der Waals surface area contributed by atoms with Crippen molar-refractivity contribution in [2.24, 2.45) is 0 Å². The summed E-state index contributed by atoms with van der Waals surface area (Å²) >= 11 is 0. The number of aromatic nitrogens is 1. The first-order valence-corrected chi connectivity index (χ1v) is 6.54. The first kappa shape index (κ1) is 16.3. The summed E-state index contributed by atoms with van der Waals surface area (Å²) < 4.78 is 44.0. The van der Waals surface area contributed by atoms with E-state index < -0.39 is 24.2 Å². The van der Waals surface area contributed by atoms with Crippen LogP contribution in [-0.2, 0) is 16.0 Å². The van der Waals surface area contributed by atoms with Gasteiger partial charge in [0.05, 0.1) is 6.61 Å². The first-order chi connectivity index (χ1) is 10.3. The molecule has 1 amide bonds. The smallest absolute Gasteiger partial charge is 0.382 e. The predicted molar refractivity (Wildman–Crippen MR) is 74.1 cm³/mol. The Morgan fingerprint density at radius 2 is 2.23 bits per heavy atom. The van der Waals surface area contributed by atoms with Crippen molar-refractivity contribution in [2.75, 3.05) is 19.0 Å². The van der Waals surface area contributed by atoms with E-state index in [0.29, 0.717) is 5.82 Å². The standard InChI is InChI=1S/C14H16F3N3O2/c1-13(8-22-2,14(15,16)17)20-12(21)10-6-9-4-3-5-18-11(9)19-7-10/h3-5,7H,6,8H2,1-2H3,(H,18,19)(H,20,21). The fraction of sp³-hybridized carbons (Fsp3) is 0.429. The Hall–Kier alpha value is -2.09. The Morgan fingerprint density at radius 1 is 1.50 bits per heavy atom. The van der Waals surface area contributed by atoms with Gasteiger partial charge in [0.1, 0.15) is 5.82 Å². The second-order valence-electron chi connectivity index (χ2n) is 5.22. The van der Waals surface area contributed by atoms with Crippen LogP contribution in [0.15, 0.2) is 30.1 Å². The summed E-state index contributed by atoms with van der Waals surface area (Å²) in [6, 6.07) is 3.46. The lowest BCUT2D eigenvalue weighted by Crippen LogP contribution is -2.59. The zero-order valence-corrected chi connectivity index (χ0v) is 12.1. The molecule has 0 fully saturated rings. The van der Waals surface area contributed by atoms with Crippen LogP contribution in [0.3, 0.4) is 0 Å². The molecule has 2 rings (SSSR count). The van der Waals surface area contributed by atoms with Crippen molar-refractivity contribution >= 4 is 11.7 Å². The number of rotatable bonds is 4. The second-order valence-corrected chi connectivity index (χ2v) is 5.22. The summed E-state index contributed by atoms with van der Waals surface area (Å²) in [6.45, 7) is 0.224. The highest BCUT2D eigenvalue weighted by molar-refractivity contribution is 5.95. The molecule has 0 saturated carbocycles. The van der Waals surface area contributed by atoms with Crippen LogP contribution in [0.25, 0.3) is 0 Å². The lowest BCUT2D eigenvalue weighted by Gasteiger charge is -2.32. The highest BCUT2D eigenvalue weighted by Gasteiger charge is 2.52. The van der Waals surface area contributed by atoms with Gasteiger partial charge in [-0.3, -0.25) is 4.79 Å². The van der Waals surface area contributed by atoms with Crippen LogP contribution < -0.4 is 10.6 Å². The highest BCUT2D eigenvalue weighted by atomic mass is 19.4. The van der Waals surface area contributed by atoms with Crippen molar-refractivity contribution in [1.29, 1.82) is 0 Å². The summed E-state index contributed by atoms with van der Waals surface area (Å²) in [5, 5.41) is 4.82. The maximum atomic E-state index is 13.1. The normalized spacial score (nSPS) is 16.9. The molecule has 2 N–H and O–H groups in total. The Bertz CT molecular complexity index is 601. The third kappa shape index (κ3) is 3.22. The predicted octanol–water partition coefficient (Wildman–Crippen LogP) is 2.02. The summed E-state index contributed by atoms with van der Waals surface area (Å²) in [4.78, 5) is 16.2. The number of pyridine rings is 1.